The number of allylic oxidation sites excluding steroid dienone is 3. The SMILES string of the molecule is COc1cccc(-c2csc(/C(C#N)=C/C=C/c3ccccc3[N+](=O)[O-])n2)c1. The van der Waals surface area contributed by atoms with Gasteiger partial charge in [-0.25, -0.2) is 4.98 Å². The fourth-order valence-corrected chi connectivity index (χ4v) is 3.32. The zero-order valence-electron chi connectivity index (χ0n) is 14.9. The Labute approximate surface area is 165 Å². The lowest BCUT2D eigenvalue weighted by molar-refractivity contribution is -0.385. The predicted molar refractivity (Wildman–Crippen MR) is 110 cm³/mol. The highest BCUT2D eigenvalue weighted by molar-refractivity contribution is 7.11. The number of nitriles is 1. The summed E-state index contributed by atoms with van der Waals surface area (Å²) in [5.74, 6) is 0.732. The Morgan fingerprint density at radius 2 is 2.11 bits per heavy atom. The molecule has 0 amide bonds. The molecule has 0 unspecified atom stereocenters. The number of methoxy groups -OCH3 is 1. The van der Waals surface area contributed by atoms with Crippen molar-refractivity contribution in [1.82, 2.24) is 4.98 Å². The van der Waals surface area contributed by atoms with Crippen LogP contribution in [0, 0.1) is 21.4 Å². The molecule has 138 valence electrons. The monoisotopic (exact) mass is 389 g/mol. The van der Waals surface area contributed by atoms with Crippen molar-refractivity contribution in [3.63, 3.8) is 0 Å². The van der Waals surface area contributed by atoms with Crippen LogP contribution in [0.2, 0.25) is 0 Å². The smallest absolute Gasteiger partial charge is 0.276 e. The van der Waals surface area contributed by atoms with Gasteiger partial charge in [-0.3, -0.25) is 10.1 Å². The van der Waals surface area contributed by atoms with Crippen molar-refractivity contribution in [2.45, 2.75) is 0 Å². The molecule has 0 saturated carbocycles. The van der Waals surface area contributed by atoms with Gasteiger partial charge >= 0.3 is 0 Å². The maximum atomic E-state index is 11.1. The maximum Gasteiger partial charge on any atom is 0.276 e. The zero-order chi connectivity index (χ0) is 19.9. The number of benzene rings is 2. The van der Waals surface area contributed by atoms with Gasteiger partial charge in [0.1, 0.15) is 16.8 Å². The average molecular weight is 389 g/mol. The van der Waals surface area contributed by atoms with Gasteiger partial charge in [0.05, 0.1) is 28.9 Å². The Kier molecular flexibility index (Phi) is 5.94. The number of para-hydroxylation sites is 1. The van der Waals surface area contributed by atoms with Crippen LogP contribution in [0.25, 0.3) is 22.9 Å². The van der Waals surface area contributed by atoms with Gasteiger partial charge in [-0.15, -0.1) is 11.3 Å². The van der Waals surface area contributed by atoms with Gasteiger partial charge in [0.15, 0.2) is 0 Å². The number of hydrogen-bond donors (Lipinski definition) is 0. The van der Waals surface area contributed by atoms with E-state index in [4.69, 9.17) is 4.74 Å². The highest BCUT2D eigenvalue weighted by Crippen LogP contribution is 2.28. The van der Waals surface area contributed by atoms with E-state index in [1.54, 1.807) is 43.5 Å². The number of nitro groups is 1. The number of ether oxygens (including phenoxy) is 1. The average Bonchev–Trinajstić information content (AvgIpc) is 3.21. The molecule has 0 aliphatic heterocycles. The van der Waals surface area contributed by atoms with Crippen LogP contribution in [-0.4, -0.2) is 17.0 Å². The number of nitro benzene ring substituents is 1. The molecule has 0 atom stereocenters. The molecule has 7 heteroatoms. The third-order valence-corrected chi connectivity index (χ3v) is 4.77. The Balaban J connectivity index is 1.85. The van der Waals surface area contributed by atoms with E-state index in [0.29, 0.717) is 16.1 Å². The Hall–Kier alpha value is -3.76. The quantitative estimate of drug-likeness (QED) is 0.245. The van der Waals surface area contributed by atoms with Crippen molar-refractivity contribution in [1.29, 1.82) is 5.26 Å². The van der Waals surface area contributed by atoms with Crippen LogP contribution in [0.5, 0.6) is 5.75 Å². The Morgan fingerprint density at radius 3 is 2.86 bits per heavy atom. The summed E-state index contributed by atoms with van der Waals surface area (Å²) in [5.41, 5.74) is 2.52. The summed E-state index contributed by atoms with van der Waals surface area (Å²) in [7, 11) is 1.60. The van der Waals surface area contributed by atoms with Gasteiger partial charge in [0, 0.05) is 17.0 Å². The zero-order valence-corrected chi connectivity index (χ0v) is 15.7. The topological polar surface area (TPSA) is 89.0 Å². The van der Waals surface area contributed by atoms with Crippen LogP contribution in [-0.2, 0) is 0 Å². The van der Waals surface area contributed by atoms with E-state index < -0.39 is 4.92 Å². The van der Waals surface area contributed by atoms with Gasteiger partial charge in [0.2, 0.25) is 0 Å². The number of hydrogen-bond acceptors (Lipinski definition) is 6. The molecule has 0 aliphatic rings. The number of nitrogens with zero attached hydrogens (tertiary/aromatic N) is 3. The van der Waals surface area contributed by atoms with Crippen LogP contribution in [0.1, 0.15) is 10.6 Å². The fraction of sp³-hybridized carbons (Fsp3) is 0.0476. The van der Waals surface area contributed by atoms with Gasteiger partial charge in [-0.1, -0.05) is 30.3 Å². The Bertz CT molecular complexity index is 1110. The normalized spacial score (nSPS) is 11.4. The molecule has 0 fully saturated rings. The third-order valence-electron chi connectivity index (χ3n) is 3.89. The first-order valence-electron chi connectivity index (χ1n) is 8.24. The summed E-state index contributed by atoms with van der Waals surface area (Å²) < 4.78 is 5.23. The maximum absolute atomic E-state index is 11.1. The van der Waals surface area contributed by atoms with Crippen molar-refractivity contribution in [2.24, 2.45) is 0 Å². The molecule has 0 aliphatic carbocycles. The second-order valence-corrected chi connectivity index (χ2v) is 6.50. The van der Waals surface area contributed by atoms with Crippen molar-refractivity contribution in [2.75, 3.05) is 7.11 Å². The predicted octanol–water partition coefficient (Wildman–Crippen LogP) is 5.35. The van der Waals surface area contributed by atoms with E-state index in [0.717, 1.165) is 17.0 Å². The minimum Gasteiger partial charge on any atom is -0.497 e. The van der Waals surface area contributed by atoms with E-state index in [1.807, 2.05) is 29.6 Å². The summed E-state index contributed by atoms with van der Waals surface area (Å²) in [6.07, 6.45) is 4.82. The van der Waals surface area contributed by atoms with Crippen molar-refractivity contribution in [3.05, 3.63) is 86.7 Å². The summed E-state index contributed by atoms with van der Waals surface area (Å²) in [6, 6.07) is 16.1. The molecule has 6 nitrogen and oxygen atoms in total. The molecule has 0 radical (unpaired) electrons. The Morgan fingerprint density at radius 1 is 1.29 bits per heavy atom. The molecule has 0 bridgehead atoms. The third kappa shape index (κ3) is 4.31. The first-order valence-corrected chi connectivity index (χ1v) is 9.12. The van der Waals surface area contributed by atoms with E-state index in [1.165, 1.54) is 17.4 Å². The molecule has 1 heterocycles. The van der Waals surface area contributed by atoms with Crippen molar-refractivity contribution in [3.8, 4) is 23.1 Å². The standard InChI is InChI=1S/C21H15N3O3S/c1-27-18-10-5-8-16(12-18)19-14-28-21(23-19)17(13-22)9-4-7-15-6-2-3-11-20(15)24(25)26/h2-12,14H,1H3/b7-4+,17-9+. The summed E-state index contributed by atoms with van der Waals surface area (Å²) >= 11 is 1.36. The number of thiazole rings is 1. The van der Waals surface area contributed by atoms with Crippen LogP contribution in [0.3, 0.4) is 0 Å². The molecule has 3 rings (SSSR count). The lowest BCUT2D eigenvalue weighted by Gasteiger charge is -2.01. The molecular weight excluding hydrogens is 374 g/mol. The minimum absolute atomic E-state index is 0.0141. The van der Waals surface area contributed by atoms with Gasteiger partial charge < -0.3 is 4.74 Å². The molecule has 0 saturated heterocycles. The van der Waals surface area contributed by atoms with Crippen LogP contribution < -0.4 is 4.74 Å². The highest BCUT2D eigenvalue weighted by atomic mass is 32.1. The first-order chi connectivity index (χ1) is 13.6. The second kappa shape index (κ2) is 8.75. The second-order valence-electron chi connectivity index (χ2n) is 5.64. The molecule has 28 heavy (non-hydrogen) atoms. The van der Waals surface area contributed by atoms with Crippen LogP contribution >= 0.6 is 11.3 Å². The van der Waals surface area contributed by atoms with Crippen LogP contribution in [0.15, 0.2) is 66.1 Å². The van der Waals surface area contributed by atoms with E-state index >= 15 is 0 Å². The lowest BCUT2D eigenvalue weighted by Crippen LogP contribution is -1.90. The summed E-state index contributed by atoms with van der Waals surface area (Å²) in [4.78, 5) is 15.2. The summed E-state index contributed by atoms with van der Waals surface area (Å²) in [6.45, 7) is 0. The number of aromatic nitrogens is 1. The molecular formula is C21H15N3O3S. The van der Waals surface area contributed by atoms with Gasteiger partial charge in [-0.2, -0.15) is 5.26 Å². The lowest BCUT2D eigenvalue weighted by atomic mass is 10.1. The van der Waals surface area contributed by atoms with E-state index in [2.05, 4.69) is 11.1 Å². The van der Waals surface area contributed by atoms with E-state index in [-0.39, 0.29) is 5.69 Å². The van der Waals surface area contributed by atoms with Gasteiger partial charge in [-0.05, 0) is 30.4 Å². The largest absolute Gasteiger partial charge is 0.497 e. The molecule has 3 aromatic rings. The first kappa shape index (κ1) is 19.0. The number of rotatable bonds is 6. The van der Waals surface area contributed by atoms with Crippen molar-refractivity contribution >= 4 is 28.7 Å². The van der Waals surface area contributed by atoms with E-state index in [9.17, 15) is 15.4 Å². The fourth-order valence-electron chi connectivity index (χ4n) is 2.51. The van der Waals surface area contributed by atoms with Crippen molar-refractivity contribution < 1.29 is 9.66 Å². The molecule has 2 aromatic carbocycles. The molecule has 0 spiro atoms. The van der Waals surface area contributed by atoms with Gasteiger partial charge in [0.25, 0.3) is 5.69 Å². The highest BCUT2D eigenvalue weighted by Gasteiger charge is 2.10. The molecule has 1 aromatic heterocycles. The minimum atomic E-state index is -0.435. The summed E-state index contributed by atoms with van der Waals surface area (Å²) in [5, 5.41) is 23.0. The molecule has 0 N–H and O–H groups in total. The van der Waals surface area contributed by atoms with Crippen LogP contribution in [0.4, 0.5) is 5.69 Å².